The highest BCUT2D eigenvalue weighted by Gasteiger charge is 2.31. The summed E-state index contributed by atoms with van der Waals surface area (Å²) in [5.41, 5.74) is -1.25. The van der Waals surface area contributed by atoms with Gasteiger partial charge in [0.2, 0.25) is 0 Å². The molecule has 6 nitrogen and oxygen atoms in total. The maximum Gasteiger partial charge on any atom is 0.285 e. The molecule has 0 saturated heterocycles. The van der Waals surface area contributed by atoms with Crippen LogP contribution in [-0.2, 0) is 0 Å². The summed E-state index contributed by atoms with van der Waals surface area (Å²) in [7, 11) is 1.43. The summed E-state index contributed by atoms with van der Waals surface area (Å²) >= 11 is 0. The Morgan fingerprint density at radius 3 is 2.52 bits per heavy atom. The number of nitro benzene ring substituents is 1. The Morgan fingerprint density at radius 1 is 1.43 bits per heavy atom. The summed E-state index contributed by atoms with van der Waals surface area (Å²) in [6.45, 7) is 0.298. The van der Waals surface area contributed by atoms with E-state index in [1.807, 2.05) is 0 Å². The highest BCUT2D eigenvalue weighted by molar-refractivity contribution is 5.98. The summed E-state index contributed by atoms with van der Waals surface area (Å²) in [5, 5.41) is 20.0. The minimum atomic E-state index is -1.37. The standard InChI is InChI=1S/C13H14F2N2O4/c1-16(6-7-2-8(18)3-7)13(19)9-4-10(14)11(15)5-12(9)17(20)21/h4-5,7-8,18H,2-3,6H2,1H3. The molecule has 0 radical (unpaired) electrons. The normalized spacial score (nSPS) is 20.8. The molecule has 114 valence electrons. The second-order valence-electron chi connectivity index (χ2n) is 5.22. The van der Waals surface area contributed by atoms with Crippen LogP contribution >= 0.6 is 0 Å². The van der Waals surface area contributed by atoms with Crippen LogP contribution in [0.5, 0.6) is 0 Å². The smallest absolute Gasteiger partial charge is 0.285 e. The molecular formula is C13H14F2N2O4. The average Bonchev–Trinajstić information content (AvgIpc) is 2.38. The molecule has 8 heteroatoms. The van der Waals surface area contributed by atoms with Crippen LogP contribution in [-0.4, -0.2) is 40.5 Å². The highest BCUT2D eigenvalue weighted by atomic mass is 19.2. The fourth-order valence-corrected chi connectivity index (χ4v) is 2.38. The van der Waals surface area contributed by atoms with E-state index in [1.165, 1.54) is 11.9 Å². The van der Waals surface area contributed by atoms with E-state index >= 15 is 0 Å². The minimum Gasteiger partial charge on any atom is -0.393 e. The van der Waals surface area contributed by atoms with Crippen molar-refractivity contribution in [3.05, 3.63) is 39.4 Å². The topological polar surface area (TPSA) is 83.7 Å². The molecule has 0 unspecified atom stereocenters. The quantitative estimate of drug-likeness (QED) is 0.678. The molecule has 1 N–H and O–H groups in total. The van der Waals surface area contributed by atoms with E-state index in [0.717, 1.165) is 0 Å². The molecule has 1 aromatic rings. The maximum atomic E-state index is 13.2. The first kappa shape index (κ1) is 15.3. The third kappa shape index (κ3) is 3.15. The zero-order chi connectivity index (χ0) is 15.7. The minimum absolute atomic E-state index is 0.110. The number of halogens is 2. The molecular weight excluding hydrogens is 286 g/mol. The Bertz CT molecular complexity index is 588. The lowest BCUT2D eigenvalue weighted by atomic mass is 9.82. The number of aliphatic hydroxyl groups excluding tert-OH is 1. The molecule has 1 amide bonds. The molecule has 0 atom stereocenters. The Labute approximate surface area is 119 Å². The van der Waals surface area contributed by atoms with Crippen LogP contribution in [0.2, 0.25) is 0 Å². The van der Waals surface area contributed by atoms with Gasteiger partial charge in [-0.3, -0.25) is 14.9 Å². The second-order valence-corrected chi connectivity index (χ2v) is 5.22. The first-order valence-corrected chi connectivity index (χ1v) is 6.36. The van der Waals surface area contributed by atoms with Gasteiger partial charge in [0.15, 0.2) is 11.6 Å². The Morgan fingerprint density at radius 2 is 2.00 bits per heavy atom. The van der Waals surface area contributed by atoms with Crippen LogP contribution in [0.25, 0.3) is 0 Å². The summed E-state index contributed by atoms with van der Waals surface area (Å²) < 4.78 is 26.3. The number of hydrogen-bond acceptors (Lipinski definition) is 4. The number of carbonyl (C=O) groups is 1. The molecule has 0 aliphatic heterocycles. The lowest BCUT2D eigenvalue weighted by Crippen LogP contribution is -2.39. The van der Waals surface area contributed by atoms with Gasteiger partial charge in [-0.25, -0.2) is 8.78 Å². The van der Waals surface area contributed by atoms with Crippen LogP contribution in [0.3, 0.4) is 0 Å². The van der Waals surface area contributed by atoms with E-state index < -0.39 is 33.7 Å². The Balaban J connectivity index is 2.21. The van der Waals surface area contributed by atoms with Gasteiger partial charge in [-0.2, -0.15) is 0 Å². The van der Waals surface area contributed by atoms with Gasteiger partial charge in [-0.1, -0.05) is 0 Å². The molecule has 0 aromatic heterocycles. The van der Waals surface area contributed by atoms with Crippen LogP contribution < -0.4 is 0 Å². The van der Waals surface area contributed by atoms with Crippen molar-refractivity contribution in [1.29, 1.82) is 0 Å². The lowest BCUT2D eigenvalue weighted by molar-refractivity contribution is -0.385. The second kappa shape index (κ2) is 5.72. The molecule has 1 aromatic carbocycles. The number of nitro groups is 1. The van der Waals surface area contributed by atoms with Gasteiger partial charge in [0.1, 0.15) is 5.56 Å². The van der Waals surface area contributed by atoms with E-state index in [0.29, 0.717) is 31.5 Å². The van der Waals surface area contributed by atoms with Gasteiger partial charge < -0.3 is 10.0 Å². The zero-order valence-electron chi connectivity index (χ0n) is 11.3. The van der Waals surface area contributed by atoms with E-state index in [4.69, 9.17) is 0 Å². The fraction of sp³-hybridized carbons (Fsp3) is 0.462. The third-order valence-corrected chi connectivity index (χ3v) is 3.56. The third-order valence-electron chi connectivity index (χ3n) is 3.56. The number of rotatable bonds is 4. The fourth-order valence-electron chi connectivity index (χ4n) is 2.38. The van der Waals surface area contributed by atoms with Crippen LogP contribution in [0.4, 0.5) is 14.5 Å². The first-order valence-electron chi connectivity index (χ1n) is 6.36. The number of amides is 1. The largest absolute Gasteiger partial charge is 0.393 e. The van der Waals surface area contributed by atoms with Gasteiger partial charge in [0.25, 0.3) is 11.6 Å². The maximum absolute atomic E-state index is 13.2. The van der Waals surface area contributed by atoms with Crippen LogP contribution in [0.1, 0.15) is 23.2 Å². The number of carbonyl (C=O) groups excluding carboxylic acids is 1. The Hall–Kier alpha value is -2.09. The summed E-state index contributed by atoms with van der Waals surface area (Å²) in [4.78, 5) is 23.3. The summed E-state index contributed by atoms with van der Waals surface area (Å²) in [6.07, 6.45) is 0.728. The van der Waals surface area contributed by atoms with Gasteiger partial charge in [-0.05, 0) is 24.8 Å². The number of benzene rings is 1. The molecule has 1 saturated carbocycles. The van der Waals surface area contributed by atoms with Crippen LogP contribution in [0.15, 0.2) is 12.1 Å². The van der Waals surface area contributed by atoms with E-state index in [9.17, 15) is 28.8 Å². The molecule has 1 aliphatic carbocycles. The van der Waals surface area contributed by atoms with Gasteiger partial charge in [-0.15, -0.1) is 0 Å². The van der Waals surface area contributed by atoms with Crippen molar-refractivity contribution in [2.75, 3.05) is 13.6 Å². The van der Waals surface area contributed by atoms with Crippen LogP contribution in [0, 0.1) is 27.7 Å². The summed E-state index contributed by atoms with van der Waals surface area (Å²) in [6, 6.07) is 0.950. The molecule has 21 heavy (non-hydrogen) atoms. The van der Waals surface area contributed by atoms with E-state index in [-0.39, 0.29) is 12.0 Å². The van der Waals surface area contributed by atoms with Gasteiger partial charge in [0.05, 0.1) is 17.1 Å². The predicted molar refractivity (Wildman–Crippen MR) is 68.7 cm³/mol. The lowest BCUT2D eigenvalue weighted by Gasteiger charge is -2.34. The molecule has 0 spiro atoms. The molecule has 1 aliphatic rings. The summed E-state index contributed by atoms with van der Waals surface area (Å²) in [5.74, 6) is -3.32. The molecule has 0 bridgehead atoms. The first-order chi connectivity index (χ1) is 9.79. The van der Waals surface area contributed by atoms with Gasteiger partial charge >= 0.3 is 0 Å². The zero-order valence-corrected chi connectivity index (χ0v) is 11.3. The van der Waals surface area contributed by atoms with E-state index in [1.54, 1.807) is 0 Å². The van der Waals surface area contributed by atoms with Crippen molar-refractivity contribution in [3.63, 3.8) is 0 Å². The van der Waals surface area contributed by atoms with Crippen molar-refractivity contribution >= 4 is 11.6 Å². The predicted octanol–water partition coefficient (Wildman–Crippen LogP) is 1.72. The monoisotopic (exact) mass is 300 g/mol. The van der Waals surface area contributed by atoms with Crippen molar-refractivity contribution in [2.24, 2.45) is 5.92 Å². The molecule has 1 fully saturated rings. The molecule has 0 heterocycles. The van der Waals surface area contributed by atoms with Crippen molar-refractivity contribution in [3.8, 4) is 0 Å². The van der Waals surface area contributed by atoms with Crippen molar-refractivity contribution in [2.45, 2.75) is 18.9 Å². The SMILES string of the molecule is CN(CC1CC(O)C1)C(=O)c1cc(F)c(F)cc1[N+](=O)[O-]. The highest BCUT2D eigenvalue weighted by Crippen LogP contribution is 2.29. The van der Waals surface area contributed by atoms with Crippen molar-refractivity contribution < 1.29 is 23.6 Å². The van der Waals surface area contributed by atoms with Gasteiger partial charge in [0, 0.05) is 13.6 Å². The number of aliphatic hydroxyl groups is 1. The van der Waals surface area contributed by atoms with E-state index in [2.05, 4.69) is 0 Å². The number of hydrogen-bond donors (Lipinski definition) is 1. The Kier molecular flexibility index (Phi) is 4.17. The van der Waals surface area contributed by atoms with Crippen molar-refractivity contribution in [1.82, 2.24) is 4.90 Å². The molecule has 2 rings (SSSR count). The average molecular weight is 300 g/mol. The number of nitrogens with zero attached hydrogens (tertiary/aromatic N) is 2.